The van der Waals surface area contributed by atoms with E-state index in [2.05, 4.69) is 23.5 Å². The zero-order valence-electron chi connectivity index (χ0n) is 9.72. The second-order valence-corrected chi connectivity index (χ2v) is 5.85. The summed E-state index contributed by atoms with van der Waals surface area (Å²) in [5.74, 6) is 0. The first-order chi connectivity index (χ1) is 7.74. The lowest BCUT2D eigenvalue weighted by molar-refractivity contribution is 0.352. The second kappa shape index (κ2) is 5.00. The summed E-state index contributed by atoms with van der Waals surface area (Å²) < 4.78 is 0. The van der Waals surface area contributed by atoms with Crippen LogP contribution in [0, 0.1) is 5.41 Å². The van der Waals surface area contributed by atoms with Gasteiger partial charge in [0.1, 0.15) is 0 Å². The lowest BCUT2D eigenvalue weighted by Gasteiger charge is -2.29. The van der Waals surface area contributed by atoms with Crippen molar-refractivity contribution in [3.05, 3.63) is 31.1 Å². The van der Waals surface area contributed by atoms with Crippen molar-refractivity contribution in [3.8, 4) is 0 Å². The molecule has 1 aromatic rings. The van der Waals surface area contributed by atoms with Crippen LogP contribution < -0.4 is 0 Å². The number of rotatable bonds is 4. The first-order valence-electron chi connectivity index (χ1n) is 5.79. The van der Waals surface area contributed by atoms with Gasteiger partial charge in [0.15, 0.2) is 5.16 Å². The molecule has 2 atom stereocenters. The van der Waals surface area contributed by atoms with Crippen LogP contribution in [0.25, 0.3) is 0 Å². The molecule has 0 amide bonds. The number of nitrogens with zero attached hydrogens (tertiary/aromatic N) is 2. The third-order valence-corrected chi connectivity index (χ3v) is 4.90. The zero-order valence-corrected chi connectivity index (χ0v) is 10.5. The Bertz CT molecular complexity index is 352. The molecule has 0 bridgehead atoms. The Kier molecular flexibility index (Phi) is 3.64. The Hall–Kier alpha value is -0.830. The van der Waals surface area contributed by atoms with Crippen molar-refractivity contribution in [2.75, 3.05) is 0 Å². The van der Waals surface area contributed by atoms with Crippen LogP contribution in [0.2, 0.25) is 0 Å². The minimum absolute atomic E-state index is 0.381. The molecule has 0 saturated heterocycles. The maximum Gasteiger partial charge on any atom is 0.187 e. The second-order valence-electron chi connectivity index (χ2n) is 4.68. The molecule has 0 aliphatic heterocycles. The molecule has 1 saturated carbocycles. The van der Waals surface area contributed by atoms with Crippen LogP contribution in [-0.4, -0.2) is 15.2 Å². The van der Waals surface area contributed by atoms with Crippen LogP contribution in [0.4, 0.5) is 0 Å². The lowest BCUT2D eigenvalue weighted by Crippen LogP contribution is -2.23. The Morgan fingerprint density at radius 1 is 1.56 bits per heavy atom. The fraction of sp³-hybridized carbons (Fsp3) is 0.538. The Labute approximate surface area is 102 Å². The molecule has 16 heavy (non-hydrogen) atoms. The van der Waals surface area contributed by atoms with Crippen molar-refractivity contribution in [1.29, 1.82) is 0 Å². The molecule has 0 aromatic carbocycles. The van der Waals surface area contributed by atoms with E-state index in [0.717, 1.165) is 11.6 Å². The highest BCUT2D eigenvalue weighted by Crippen LogP contribution is 2.48. The van der Waals surface area contributed by atoms with E-state index in [1.807, 2.05) is 36.3 Å². The normalized spacial score (nSPS) is 29.2. The number of thioether (sulfide) groups is 1. The van der Waals surface area contributed by atoms with E-state index in [-0.39, 0.29) is 0 Å². The quantitative estimate of drug-likeness (QED) is 0.587. The smallest absolute Gasteiger partial charge is 0.187 e. The maximum atomic E-state index is 4.29. The standard InChI is InChI=1S/C13H18N2S/c1-3-7-13(2)8-4-6-11(13)16-12-14-9-5-10-15-12/h3,5,9-11H,1,4,6-8H2,2H3/t11-,13+/m0/s1. The zero-order chi connectivity index (χ0) is 11.4. The SMILES string of the molecule is C=CC[C@]1(C)CCC[C@@H]1Sc1ncccn1. The van der Waals surface area contributed by atoms with E-state index in [1.165, 1.54) is 19.3 Å². The van der Waals surface area contributed by atoms with Gasteiger partial charge in [0.05, 0.1) is 0 Å². The van der Waals surface area contributed by atoms with Crippen molar-refractivity contribution in [2.45, 2.75) is 43.0 Å². The van der Waals surface area contributed by atoms with E-state index in [4.69, 9.17) is 0 Å². The van der Waals surface area contributed by atoms with Gasteiger partial charge in [-0.05, 0) is 30.7 Å². The summed E-state index contributed by atoms with van der Waals surface area (Å²) in [5.41, 5.74) is 0.381. The molecular weight excluding hydrogens is 216 g/mol. The molecular formula is C13H18N2S. The van der Waals surface area contributed by atoms with Crippen molar-refractivity contribution in [2.24, 2.45) is 5.41 Å². The molecule has 0 N–H and O–H groups in total. The highest BCUT2D eigenvalue weighted by Gasteiger charge is 2.38. The fourth-order valence-electron chi connectivity index (χ4n) is 2.44. The van der Waals surface area contributed by atoms with E-state index in [0.29, 0.717) is 10.7 Å². The van der Waals surface area contributed by atoms with Crippen molar-refractivity contribution in [3.63, 3.8) is 0 Å². The van der Waals surface area contributed by atoms with Crippen LogP contribution in [0.1, 0.15) is 32.6 Å². The van der Waals surface area contributed by atoms with E-state index < -0.39 is 0 Å². The summed E-state index contributed by atoms with van der Waals surface area (Å²) in [7, 11) is 0. The van der Waals surface area contributed by atoms with Crippen LogP contribution in [-0.2, 0) is 0 Å². The number of aromatic nitrogens is 2. The van der Waals surface area contributed by atoms with Crippen LogP contribution in [0.3, 0.4) is 0 Å². The summed E-state index contributed by atoms with van der Waals surface area (Å²) in [6.45, 7) is 6.23. The van der Waals surface area contributed by atoms with Gasteiger partial charge in [0, 0.05) is 17.6 Å². The summed E-state index contributed by atoms with van der Waals surface area (Å²) in [6, 6.07) is 1.86. The molecule has 3 heteroatoms. The molecule has 0 radical (unpaired) electrons. The van der Waals surface area contributed by atoms with Gasteiger partial charge in [-0.1, -0.05) is 31.2 Å². The number of allylic oxidation sites excluding steroid dienone is 1. The molecule has 1 aliphatic carbocycles. The van der Waals surface area contributed by atoms with Crippen LogP contribution in [0.5, 0.6) is 0 Å². The molecule has 0 spiro atoms. The molecule has 1 aliphatic rings. The van der Waals surface area contributed by atoms with E-state index in [9.17, 15) is 0 Å². The molecule has 1 fully saturated rings. The topological polar surface area (TPSA) is 25.8 Å². The van der Waals surface area contributed by atoms with Gasteiger partial charge in [-0.2, -0.15) is 0 Å². The number of hydrogen-bond donors (Lipinski definition) is 0. The predicted octanol–water partition coefficient (Wildman–Crippen LogP) is 3.70. The lowest BCUT2D eigenvalue weighted by atomic mass is 9.85. The predicted molar refractivity (Wildman–Crippen MR) is 68.4 cm³/mol. The summed E-state index contributed by atoms with van der Waals surface area (Å²) in [4.78, 5) is 8.59. The van der Waals surface area contributed by atoms with E-state index in [1.54, 1.807) is 0 Å². The van der Waals surface area contributed by atoms with E-state index >= 15 is 0 Å². The van der Waals surface area contributed by atoms with Crippen LogP contribution >= 0.6 is 11.8 Å². The minimum Gasteiger partial charge on any atom is -0.231 e. The van der Waals surface area contributed by atoms with Gasteiger partial charge in [0.25, 0.3) is 0 Å². The molecule has 1 aromatic heterocycles. The first-order valence-corrected chi connectivity index (χ1v) is 6.67. The molecule has 0 unspecified atom stereocenters. The summed E-state index contributed by atoms with van der Waals surface area (Å²) in [5, 5.41) is 1.54. The molecule has 2 rings (SSSR count). The minimum atomic E-state index is 0.381. The fourth-order valence-corrected chi connectivity index (χ4v) is 3.72. The highest BCUT2D eigenvalue weighted by molar-refractivity contribution is 7.99. The Morgan fingerprint density at radius 3 is 3.00 bits per heavy atom. The molecule has 2 nitrogen and oxygen atoms in total. The third kappa shape index (κ3) is 2.46. The Morgan fingerprint density at radius 2 is 2.31 bits per heavy atom. The van der Waals surface area contributed by atoms with Gasteiger partial charge >= 0.3 is 0 Å². The highest BCUT2D eigenvalue weighted by atomic mass is 32.2. The van der Waals surface area contributed by atoms with Gasteiger partial charge < -0.3 is 0 Å². The monoisotopic (exact) mass is 234 g/mol. The van der Waals surface area contributed by atoms with Gasteiger partial charge in [-0.3, -0.25) is 0 Å². The average Bonchev–Trinajstić information content (AvgIpc) is 2.62. The molecule has 86 valence electrons. The first kappa shape index (κ1) is 11.6. The van der Waals surface area contributed by atoms with Gasteiger partial charge in [0.2, 0.25) is 0 Å². The third-order valence-electron chi connectivity index (χ3n) is 3.39. The van der Waals surface area contributed by atoms with Crippen molar-refractivity contribution < 1.29 is 0 Å². The summed E-state index contributed by atoms with van der Waals surface area (Å²) >= 11 is 1.83. The van der Waals surface area contributed by atoms with Crippen molar-refractivity contribution >= 4 is 11.8 Å². The largest absolute Gasteiger partial charge is 0.231 e. The van der Waals surface area contributed by atoms with Crippen LogP contribution in [0.15, 0.2) is 36.3 Å². The summed E-state index contributed by atoms with van der Waals surface area (Å²) in [6.07, 6.45) is 10.7. The maximum absolute atomic E-state index is 4.29. The van der Waals surface area contributed by atoms with Gasteiger partial charge in [-0.25, -0.2) is 9.97 Å². The average molecular weight is 234 g/mol. The van der Waals surface area contributed by atoms with Crippen molar-refractivity contribution in [1.82, 2.24) is 9.97 Å². The molecule has 1 heterocycles. The number of hydrogen-bond acceptors (Lipinski definition) is 3. The van der Waals surface area contributed by atoms with Gasteiger partial charge in [-0.15, -0.1) is 6.58 Å². The Balaban J connectivity index is 2.06.